The van der Waals surface area contributed by atoms with Crippen LogP contribution in [0.5, 0.6) is 0 Å². The van der Waals surface area contributed by atoms with Crippen LogP contribution in [0.15, 0.2) is 97.2 Å². The Bertz CT molecular complexity index is 1560. The van der Waals surface area contributed by atoms with E-state index >= 15 is 0 Å². The fraction of sp³-hybridized carbons (Fsp3) is 0.772. The molecule has 0 amide bonds. The maximum absolute atomic E-state index is 12.4. The summed E-state index contributed by atoms with van der Waals surface area (Å²) in [5, 5.41) is 9.71. The fourth-order valence-electron chi connectivity index (χ4n) is 10.9. The van der Waals surface area contributed by atoms with E-state index in [0.717, 1.165) is 83.5 Å². The number of ether oxygens (including phenoxy) is 2. The van der Waals surface area contributed by atoms with Crippen LogP contribution < -0.4 is 0 Å². The molecule has 0 bridgehead atoms. The Morgan fingerprint density at radius 2 is 0.512 bits per heavy atom. The molecule has 0 aliphatic carbocycles. The first-order valence-electron chi connectivity index (χ1n) is 36.8. The normalized spacial score (nSPS) is 12.8. The van der Waals surface area contributed by atoms with Crippen LogP contribution in [0.2, 0.25) is 0 Å². The number of carbonyl (C=O) groups is 2. The van der Waals surface area contributed by atoms with E-state index in [1.54, 1.807) is 0 Å². The molecule has 0 rings (SSSR count). The van der Waals surface area contributed by atoms with Gasteiger partial charge in [0.1, 0.15) is 6.61 Å². The molecule has 0 radical (unpaired) electrons. The summed E-state index contributed by atoms with van der Waals surface area (Å²) in [4.78, 5) is 24.7. The van der Waals surface area contributed by atoms with Gasteiger partial charge in [0.05, 0.1) is 6.61 Å². The van der Waals surface area contributed by atoms with Crippen molar-refractivity contribution in [3.05, 3.63) is 97.2 Å². The number of hydrogen-bond acceptors (Lipinski definition) is 5. The highest BCUT2D eigenvalue weighted by atomic mass is 16.6. The zero-order valence-corrected chi connectivity index (χ0v) is 55.9. The number of hydrogen-bond donors (Lipinski definition) is 1. The van der Waals surface area contributed by atoms with Crippen LogP contribution in [0.25, 0.3) is 0 Å². The summed E-state index contributed by atoms with van der Waals surface area (Å²) >= 11 is 0. The van der Waals surface area contributed by atoms with Crippen molar-refractivity contribution >= 4 is 11.9 Å². The molecule has 0 aromatic heterocycles. The minimum Gasteiger partial charge on any atom is -0.462 e. The van der Waals surface area contributed by atoms with Gasteiger partial charge in [0.25, 0.3) is 0 Å². The summed E-state index contributed by atoms with van der Waals surface area (Å²) in [5.74, 6) is -0.575. The van der Waals surface area contributed by atoms with E-state index in [1.807, 2.05) is 0 Å². The van der Waals surface area contributed by atoms with Crippen molar-refractivity contribution < 1.29 is 24.2 Å². The Morgan fingerprint density at radius 3 is 0.774 bits per heavy atom. The Balaban J connectivity index is 3.41. The molecule has 1 atom stereocenters. The van der Waals surface area contributed by atoms with Crippen LogP contribution in [-0.4, -0.2) is 36.4 Å². The van der Waals surface area contributed by atoms with Crippen LogP contribution in [0.3, 0.4) is 0 Å². The quantitative estimate of drug-likeness (QED) is 0.0373. The molecule has 0 fully saturated rings. The van der Waals surface area contributed by atoms with E-state index in [1.165, 1.54) is 263 Å². The van der Waals surface area contributed by atoms with Gasteiger partial charge in [0.2, 0.25) is 0 Å². The second-order valence-corrected chi connectivity index (χ2v) is 24.6. The Labute approximate surface area is 523 Å². The first kappa shape index (κ1) is 80.8. The van der Waals surface area contributed by atoms with E-state index in [9.17, 15) is 14.7 Å². The fourth-order valence-corrected chi connectivity index (χ4v) is 10.9. The maximum atomic E-state index is 12.4. The monoisotopic (exact) mass is 1170 g/mol. The van der Waals surface area contributed by atoms with E-state index in [2.05, 4.69) is 111 Å². The van der Waals surface area contributed by atoms with Gasteiger partial charge in [-0.1, -0.05) is 361 Å². The second-order valence-electron chi connectivity index (χ2n) is 24.6. The molecule has 0 spiro atoms. The first-order chi connectivity index (χ1) is 41.6. The number of aliphatic hydroxyl groups excluding tert-OH is 1. The Morgan fingerprint density at radius 1 is 0.286 bits per heavy atom. The van der Waals surface area contributed by atoms with E-state index in [0.29, 0.717) is 12.8 Å². The van der Waals surface area contributed by atoms with Crippen molar-refractivity contribution in [3.8, 4) is 0 Å². The molecule has 1 N–H and O–H groups in total. The highest BCUT2D eigenvalue weighted by Gasteiger charge is 2.16. The Kier molecular flexibility index (Phi) is 71.3. The molecule has 84 heavy (non-hydrogen) atoms. The molecule has 486 valence electrons. The van der Waals surface area contributed by atoms with Crippen LogP contribution >= 0.6 is 0 Å². The first-order valence-corrected chi connectivity index (χ1v) is 36.8. The van der Waals surface area contributed by atoms with E-state index in [4.69, 9.17) is 9.47 Å². The van der Waals surface area contributed by atoms with Gasteiger partial charge in [0, 0.05) is 12.8 Å². The lowest BCUT2D eigenvalue weighted by atomic mass is 10.0. The maximum Gasteiger partial charge on any atom is 0.306 e. The van der Waals surface area contributed by atoms with Crippen molar-refractivity contribution in [1.82, 2.24) is 0 Å². The van der Waals surface area contributed by atoms with Crippen molar-refractivity contribution in [2.45, 2.75) is 380 Å². The minimum absolute atomic E-state index is 0.0644. The van der Waals surface area contributed by atoms with Crippen LogP contribution in [0.4, 0.5) is 0 Å². The summed E-state index contributed by atoms with van der Waals surface area (Å²) in [6, 6.07) is 0. The van der Waals surface area contributed by atoms with Crippen molar-refractivity contribution in [2.75, 3.05) is 13.2 Å². The number of allylic oxidation sites excluding steroid dienone is 16. The zero-order valence-electron chi connectivity index (χ0n) is 55.9. The molecule has 0 saturated heterocycles. The second kappa shape index (κ2) is 74.1. The van der Waals surface area contributed by atoms with Gasteiger partial charge in [0.15, 0.2) is 6.10 Å². The third kappa shape index (κ3) is 71.3. The SMILES string of the molecule is CC/C=C\C/C=C\C/C=C\C/C=C\C/C=C\CCCCCCCCCCCCCCCCCC(=O)OC(CO)COC(=O)CCCCCCCCCCCCCCCCCCCCCCCCCC/C=C\C/C=C\C/C=C\CCCCCCC. The molecule has 1 unspecified atom stereocenters. The van der Waals surface area contributed by atoms with Crippen LogP contribution in [0.1, 0.15) is 373 Å². The standard InChI is InChI=1S/C79H140O5/c1-3-5-7-9-11-13-15-17-19-21-23-25-27-29-31-33-35-36-37-38-39-40-41-42-44-45-47-49-51-53-55-57-59-61-63-65-67-69-71-73-78(81)83-76-77(75-80)84-79(82)74-72-70-68-66-64-62-60-58-56-54-52-50-48-46-43-34-32-30-28-26-24-22-20-18-16-14-12-10-8-6-4-2/h6,8,12,14-15,17-18,20-21,23-24,26-27,29-30,32,77,80H,3-5,7,9-11,13,16,19,22,25,28,31,33-76H2,1-2H3/b8-6-,14-12-,17-15-,20-18-,23-21-,26-24-,29-27-,32-30-. The third-order valence-electron chi connectivity index (χ3n) is 16.4. The lowest BCUT2D eigenvalue weighted by molar-refractivity contribution is -0.161. The van der Waals surface area contributed by atoms with Gasteiger partial charge in [-0.15, -0.1) is 0 Å². The molecule has 5 heteroatoms. The van der Waals surface area contributed by atoms with Crippen molar-refractivity contribution in [1.29, 1.82) is 0 Å². The van der Waals surface area contributed by atoms with Crippen molar-refractivity contribution in [2.24, 2.45) is 0 Å². The van der Waals surface area contributed by atoms with Gasteiger partial charge in [-0.05, 0) is 96.3 Å². The highest BCUT2D eigenvalue weighted by Crippen LogP contribution is 2.18. The van der Waals surface area contributed by atoms with Crippen LogP contribution in [0, 0.1) is 0 Å². The summed E-state index contributed by atoms with van der Waals surface area (Å²) in [5.41, 5.74) is 0. The van der Waals surface area contributed by atoms with Crippen molar-refractivity contribution in [3.63, 3.8) is 0 Å². The average Bonchev–Trinajstić information content (AvgIpc) is 3.51. The molecular formula is C79H140O5. The topological polar surface area (TPSA) is 72.8 Å². The summed E-state index contributed by atoms with van der Waals surface area (Å²) in [6.07, 6.45) is 106. The number of unbranched alkanes of at least 4 members (excludes halogenated alkanes) is 44. The lowest BCUT2D eigenvalue weighted by Crippen LogP contribution is -2.28. The number of aliphatic hydroxyl groups is 1. The number of rotatable bonds is 68. The lowest BCUT2D eigenvalue weighted by Gasteiger charge is -2.15. The molecule has 5 nitrogen and oxygen atoms in total. The smallest absolute Gasteiger partial charge is 0.306 e. The van der Waals surface area contributed by atoms with Gasteiger partial charge >= 0.3 is 11.9 Å². The number of esters is 2. The predicted molar refractivity (Wildman–Crippen MR) is 371 cm³/mol. The van der Waals surface area contributed by atoms with Gasteiger partial charge in [-0.25, -0.2) is 0 Å². The van der Waals surface area contributed by atoms with E-state index in [-0.39, 0.29) is 25.2 Å². The molecule has 0 aromatic rings. The molecule has 0 aromatic carbocycles. The zero-order chi connectivity index (χ0) is 60.5. The van der Waals surface area contributed by atoms with Gasteiger partial charge in [-0.3, -0.25) is 9.59 Å². The van der Waals surface area contributed by atoms with Gasteiger partial charge in [-0.2, -0.15) is 0 Å². The molecular weight excluding hydrogens is 1030 g/mol. The molecule has 0 heterocycles. The minimum atomic E-state index is -0.776. The van der Waals surface area contributed by atoms with Crippen LogP contribution in [-0.2, 0) is 19.1 Å². The van der Waals surface area contributed by atoms with Gasteiger partial charge < -0.3 is 14.6 Å². The molecule has 0 aliphatic heterocycles. The molecule has 0 aliphatic rings. The largest absolute Gasteiger partial charge is 0.462 e. The third-order valence-corrected chi connectivity index (χ3v) is 16.4. The summed E-state index contributed by atoms with van der Waals surface area (Å²) in [7, 11) is 0. The highest BCUT2D eigenvalue weighted by molar-refractivity contribution is 5.70. The summed E-state index contributed by atoms with van der Waals surface area (Å²) < 4.78 is 10.8. The molecule has 0 saturated carbocycles. The predicted octanol–water partition coefficient (Wildman–Crippen LogP) is 25.8. The average molecular weight is 1170 g/mol. The summed E-state index contributed by atoms with van der Waals surface area (Å²) in [6.45, 7) is 4.06. The van der Waals surface area contributed by atoms with E-state index < -0.39 is 6.10 Å². The number of carbonyl (C=O) groups excluding carboxylic acids is 2. The Hall–Kier alpha value is -3.18.